The zero-order chi connectivity index (χ0) is 14.6. The molecule has 0 aliphatic rings. The predicted octanol–water partition coefficient (Wildman–Crippen LogP) is 1.29. The van der Waals surface area contributed by atoms with E-state index in [2.05, 4.69) is 4.72 Å². The van der Waals surface area contributed by atoms with Crippen LogP contribution in [-0.2, 0) is 21.2 Å². The van der Waals surface area contributed by atoms with Gasteiger partial charge in [-0.2, -0.15) is 0 Å². The predicted molar refractivity (Wildman–Crippen MR) is 72.1 cm³/mol. The highest BCUT2D eigenvalue weighted by atomic mass is 32.2. The standard InChI is InChI=1S/C12H17NO5S/c1-8(14)4-5-9-6-10(13-19(3,16)17)12(15)11(7-9)18-2/h6-7,13,15H,4-5H2,1-3H3. The number of rotatable bonds is 6. The molecule has 19 heavy (non-hydrogen) atoms. The lowest BCUT2D eigenvalue weighted by Gasteiger charge is -2.12. The van der Waals surface area contributed by atoms with Gasteiger partial charge in [0.05, 0.1) is 19.1 Å². The number of carbonyl (C=O) groups excluding carboxylic acids is 1. The minimum Gasteiger partial charge on any atom is -0.503 e. The van der Waals surface area contributed by atoms with Crippen LogP contribution in [0.3, 0.4) is 0 Å². The van der Waals surface area contributed by atoms with Gasteiger partial charge in [0.2, 0.25) is 10.0 Å². The van der Waals surface area contributed by atoms with E-state index in [0.717, 1.165) is 6.26 Å². The summed E-state index contributed by atoms with van der Waals surface area (Å²) < 4.78 is 29.6. The van der Waals surface area contributed by atoms with E-state index in [0.29, 0.717) is 18.4 Å². The lowest BCUT2D eigenvalue weighted by Crippen LogP contribution is -2.10. The van der Waals surface area contributed by atoms with Crippen LogP contribution >= 0.6 is 0 Å². The van der Waals surface area contributed by atoms with Gasteiger partial charge in [-0.25, -0.2) is 8.42 Å². The Morgan fingerprint density at radius 1 is 1.42 bits per heavy atom. The van der Waals surface area contributed by atoms with E-state index in [1.165, 1.54) is 20.1 Å². The van der Waals surface area contributed by atoms with Gasteiger partial charge in [-0.1, -0.05) is 0 Å². The molecule has 1 aromatic carbocycles. The van der Waals surface area contributed by atoms with Gasteiger partial charge < -0.3 is 14.6 Å². The summed E-state index contributed by atoms with van der Waals surface area (Å²) in [4.78, 5) is 11.0. The van der Waals surface area contributed by atoms with Crippen LogP contribution < -0.4 is 9.46 Å². The monoisotopic (exact) mass is 287 g/mol. The number of ketones is 1. The van der Waals surface area contributed by atoms with Crippen molar-refractivity contribution in [2.45, 2.75) is 19.8 Å². The summed E-state index contributed by atoms with van der Waals surface area (Å²) in [5.41, 5.74) is 0.747. The SMILES string of the molecule is COc1cc(CCC(C)=O)cc(NS(C)(=O)=O)c1O. The molecule has 0 atom stereocenters. The highest BCUT2D eigenvalue weighted by Crippen LogP contribution is 2.36. The first-order chi connectivity index (χ1) is 8.73. The maximum absolute atomic E-state index is 11.2. The first-order valence-corrected chi connectivity index (χ1v) is 7.49. The number of ether oxygens (including phenoxy) is 1. The van der Waals surface area contributed by atoms with E-state index in [4.69, 9.17) is 4.74 Å². The summed E-state index contributed by atoms with van der Waals surface area (Å²) in [7, 11) is -2.14. The average molecular weight is 287 g/mol. The van der Waals surface area contributed by atoms with E-state index in [1.807, 2.05) is 0 Å². The van der Waals surface area contributed by atoms with Crippen LogP contribution in [0.1, 0.15) is 18.9 Å². The Balaban J connectivity index is 3.14. The molecule has 0 bridgehead atoms. The number of phenolic OH excluding ortho intramolecular Hbond substituents is 1. The van der Waals surface area contributed by atoms with Crippen LogP contribution in [0, 0.1) is 0 Å². The number of carbonyl (C=O) groups is 1. The minimum absolute atomic E-state index is 0.0321. The zero-order valence-corrected chi connectivity index (χ0v) is 11.9. The third kappa shape index (κ3) is 4.78. The summed E-state index contributed by atoms with van der Waals surface area (Å²) in [5, 5.41) is 9.84. The average Bonchev–Trinajstić information content (AvgIpc) is 2.28. The Kier molecular flexibility index (Phi) is 4.77. The summed E-state index contributed by atoms with van der Waals surface area (Å²) in [5.74, 6) is -0.0867. The molecule has 0 radical (unpaired) electrons. The quantitative estimate of drug-likeness (QED) is 0.769. The maximum atomic E-state index is 11.2. The Bertz CT molecular complexity index is 580. The number of anilines is 1. The van der Waals surface area contributed by atoms with Crippen LogP contribution in [0.15, 0.2) is 12.1 Å². The highest BCUT2D eigenvalue weighted by Gasteiger charge is 2.14. The molecule has 0 saturated carbocycles. The van der Waals surface area contributed by atoms with Crippen molar-refractivity contribution in [3.63, 3.8) is 0 Å². The Hall–Kier alpha value is -1.76. The van der Waals surface area contributed by atoms with E-state index in [-0.39, 0.29) is 23.0 Å². The molecular weight excluding hydrogens is 270 g/mol. The second-order valence-electron chi connectivity index (χ2n) is 4.27. The first-order valence-electron chi connectivity index (χ1n) is 5.60. The molecule has 0 spiro atoms. The second-order valence-corrected chi connectivity index (χ2v) is 6.02. The molecule has 0 aliphatic heterocycles. The zero-order valence-electron chi connectivity index (χ0n) is 11.1. The third-order valence-electron chi connectivity index (χ3n) is 2.42. The first kappa shape index (κ1) is 15.3. The number of aryl methyl sites for hydroxylation is 1. The number of hydrogen-bond acceptors (Lipinski definition) is 5. The van der Waals surface area contributed by atoms with Crippen LogP contribution in [0.25, 0.3) is 0 Å². The molecule has 0 unspecified atom stereocenters. The number of Topliss-reactive ketones (excluding diaryl/α,β-unsaturated/α-hetero) is 1. The van der Waals surface area contributed by atoms with Gasteiger partial charge in [-0.3, -0.25) is 4.72 Å². The third-order valence-corrected chi connectivity index (χ3v) is 3.01. The topological polar surface area (TPSA) is 92.7 Å². The second kappa shape index (κ2) is 5.92. The molecule has 2 N–H and O–H groups in total. The fraction of sp³-hybridized carbons (Fsp3) is 0.417. The number of nitrogens with one attached hydrogen (secondary N) is 1. The van der Waals surface area contributed by atoms with E-state index >= 15 is 0 Å². The van der Waals surface area contributed by atoms with Crippen LogP contribution in [0.4, 0.5) is 5.69 Å². The van der Waals surface area contributed by atoms with Crippen molar-refractivity contribution in [2.75, 3.05) is 18.1 Å². The summed E-state index contributed by atoms with van der Waals surface area (Å²) in [6.45, 7) is 1.48. The summed E-state index contributed by atoms with van der Waals surface area (Å²) in [6.07, 6.45) is 1.78. The highest BCUT2D eigenvalue weighted by molar-refractivity contribution is 7.92. The van der Waals surface area contributed by atoms with Crippen molar-refractivity contribution in [1.29, 1.82) is 0 Å². The van der Waals surface area contributed by atoms with Crippen molar-refractivity contribution in [3.05, 3.63) is 17.7 Å². The number of phenols is 1. The van der Waals surface area contributed by atoms with Gasteiger partial charge in [0.25, 0.3) is 0 Å². The van der Waals surface area contributed by atoms with Crippen LogP contribution in [-0.4, -0.2) is 32.7 Å². The van der Waals surface area contributed by atoms with Gasteiger partial charge >= 0.3 is 0 Å². The van der Waals surface area contributed by atoms with Crippen molar-refractivity contribution in [2.24, 2.45) is 0 Å². The lowest BCUT2D eigenvalue weighted by molar-refractivity contribution is -0.116. The molecule has 106 valence electrons. The Morgan fingerprint density at radius 3 is 2.53 bits per heavy atom. The summed E-state index contributed by atoms with van der Waals surface area (Å²) in [6, 6.07) is 3.06. The minimum atomic E-state index is -3.51. The molecule has 0 aliphatic carbocycles. The number of benzene rings is 1. The van der Waals surface area contributed by atoms with Gasteiger partial charge in [0.15, 0.2) is 11.5 Å². The number of hydrogen-bond donors (Lipinski definition) is 2. The van der Waals surface area contributed by atoms with E-state index in [1.54, 1.807) is 6.07 Å². The smallest absolute Gasteiger partial charge is 0.229 e. The Labute approximate surface area is 112 Å². The van der Waals surface area contributed by atoms with Gasteiger partial charge in [0, 0.05) is 6.42 Å². The van der Waals surface area contributed by atoms with Crippen molar-refractivity contribution >= 4 is 21.5 Å². The molecule has 0 saturated heterocycles. The Morgan fingerprint density at radius 2 is 2.05 bits per heavy atom. The fourth-order valence-electron chi connectivity index (χ4n) is 1.56. The molecule has 7 heteroatoms. The molecule has 0 aromatic heterocycles. The van der Waals surface area contributed by atoms with Crippen LogP contribution in [0.5, 0.6) is 11.5 Å². The normalized spacial score (nSPS) is 11.1. The molecule has 0 fully saturated rings. The summed E-state index contributed by atoms with van der Waals surface area (Å²) >= 11 is 0. The molecule has 6 nitrogen and oxygen atoms in total. The molecule has 1 rings (SSSR count). The van der Waals surface area contributed by atoms with Gasteiger partial charge in [0.1, 0.15) is 5.78 Å². The van der Waals surface area contributed by atoms with E-state index in [9.17, 15) is 18.3 Å². The van der Waals surface area contributed by atoms with Gasteiger partial charge in [-0.05, 0) is 31.0 Å². The molecular formula is C12H17NO5S. The van der Waals surface area contributed by atoms with E-state index < -0.39 is 10.0 Å². The molecule has 0 amide bonds. The molecule has 1 aromatic rings. The van der Waals surface area contributed by atoms with Crippen molar-refractivity contribution in [1.82, 2.24) is 0 Å². The fourth-order valence-corrected chi connectivity index (χ4v) is 2.12. The van der Waals surface area contributed by atoms with Crippen molar-refractivity contribution < 1.29 is 23.1 Å². The number of aromatic hydroxyl groups is 1. The molecule has 0 heterocycles. The number of sulfonamides is 1. The largest absolute Gasteiger partial charge is 0.503 e. The number of methoxy groups -OCH3 is 1. The lowest BCUT2D eigenvalue weighted by atomic mass is 10.1. The van der Waals surface area contributed by atoms with Crippen LogP contribution in [0.2, 0.25) is 0 Å². The van der Waals surface area contributed by atoms with Crippen molar-refractivity contribution in [3.8, 4) is 11.5 Å². The van der Waals surface area contributed by atoms with Gasteiger partial charge in [-0.15, -0.1) is 0 Å². The maximum Gasteiger partial charge on any atom is 0.229 e.